The molecule has 8 atom stereocenters. The molecule has 3 fully saturated rings. The fraction of sp³-hybridized carbons (Fsp3) is 0.933. The Morgan fingerprint density at radius 2 is 1.73 bits per heavy atom. The van der Waals surface area contributed by atoms with Crippen LogP contribution in [0.3, 0.4) is 0 Å². The maximum absolute atomic E-state index is 12.7. The van der Waals surface area contributed by atoms with E-state index >= 15 is 0 Å². The lowest BCUT2D eigenvalue weighted by molar-refractivity contribution is -0.142. The predicted octanol–water partition coefficient (Wildman–Crippen LogP) is 8.25. The van der Waals surface area contributed by atoms with Gasteiger partial charge in [0, 0.05) is 18.8 Å². The average Bonchev–Trinajstić information content (AvgIpc) is 2.78. The Morgan fingerprint density at radius 1 is 1.03 bits per heavy atom. The first-order valence-electron chi connectivity index (χ1n) is 14.2. The molecule has 0 spiro atoms. The Bertz CT molecular complexity index is 614. The van der Waals surface area contributed by atoms with Gasteiger partial charge in [0.1, 0.15) is 5.78 Å². The lowest BCUT2D eigenvalue weighted by Gasteiger charge is -2.54. The third kappa shape index (κ3) is 7.56. The minimum atomic E-state index is -0.0875. The molecule has 0 radical (unpaired) electrons. The van der Waals surface area contributed by atoms with Crippen LogP contribution in [0.1, 0.15) is 125 Å². The molecule has 33 heavy (non-hydrogen) atoms. The lowest BCUT2D eigenvalue weighted by Crippen LogP contribution is -2.50. The fourth-order valence-electron chi connectivity index (χ4n) is 7.21. The second kappa shape index (κ2) is 13.3. The van der Waals surface area contributed by atoms with Crippen LogP contribution < -0.4 is 0 Å². The Kier molecular flexibility index (Phi) is 11.4. The van der Waals surface area contributed by atoms with Crippen LogP contribution in [0.2, 0.25) is 0 Å². The van der Waals surface area contributed by atoms with E-state index in [1.807, 2.05) is 0 Å². The number of esters is 1. The highest BCUT2D eigenvalue weighted by Gasteiger charge is 2.52. The number of hydrogen-bond donors (Lipinski definition) is 0. The molecule has 0 aromatic heterocycles. The van der Waals surface area contributed by atoms with Crippen molar-refractivity contribution in [3.8, 4) is 0 Å². The van der Waals surface area contributed by atoms with Gasteiger partial charge in [0.05, 0.1) is 7.11 Å². The third-order valence-corrected chi connectivity index (χ3v) is 10.2. The molecule has 0 bridgehead atoms. The van der Waals surface area contributed by atoms with Gasteiger partial charge in [-0.25, -0.2) is 0 Å². The second-order valence-electron chi connectivity index (χ2n) is 12.3. The van der Waals surface area contributed by atoms with Crippen molar-refractivity contribution in [1.29, 1.82) is 0 Å². The van der Waals surface area contributed by atoms with E-state index in [1.54, 1.807) is 0 Å². The molecule has 3 heteroatoms. The largest absolute Gasteiger partial charge is 0.469 e. The average molecular weight is 463 g/mol. The van der Waals surface area contributed by atoms with Crippen LogP contribution in [-0.4, -0.2) is 18.9 Å². The van der Waals surface area contributed by atoms with Crippen molar-refractivity contribution in [3.63, 3.8) is 0 Å². The van der Waals surface area contributed by atoms with Crippen LogP contribution in [0.4, 0.5) is 0 Å². The first-order chi connectivity index (χ1) is 15.6. The highest BCUT2D eigenvalue weighted by Crippen LogP contribution is 2.57. The van der Waals surface area contributed by atoms with Gasteiger partial charge in [-0.15, -0.1) is 0 Å². The smallest absolute Gasteiger partial charge is 0.305 e. The van der Waals surface area contributed by atoms with E-state index in [2.05, 4.69) is 46.3 Å². The zero-order valence-electron chi connectivity index (χ0n) is 23.0. The summed E-state index contributed by atoms with van der Waals surface area (Å²) in [5.41, 5.74) is 0.483. The number of carbonyl (C=O) groups is 2. The molecule has 0 amide bonds. The van der Waals surface area contributed by atoms with Crippen molar-refractivity contribution >= 4 is 11.8 Å². The molecule has 0 aromatic carbocycles. The summed E-state index contributed by atoms with van der Waals surface area (Å²) < 4.78 is 4.60. The van der Waals surface area contributed by atoms with Gasteiger partial charge in [0.25, 0.3) is 0 Å². The van der Waals surface area contributed by atoms with Crippen molar-refractivity contribution in [2.75, 3.05) is 7.11 Å². The Morgan fingerprint density at radius 3 is 2.39 bits per heavy atom. The van der Waals surface area contributed by atoms with Gasteiger partial charge in [0.15, 0.2) is 0 Å². The van der Waals surface area contributed by atoms with E-state index in [1.165, 1.54) is 71.3 Å². The number of hydrogen-bond acceptors (Lipinski definition) is 3. The molecule has 3 nitrogen and oxygen atoms in total. The fourth-order valence-corrected chi connectivity index (χ4v) is 7.21. The number of carbonyl (C=O) groups excluding carboxylic acids is 2. The van der Waals surface area contributed by atoms with E-state index in [0.29, 0.717) is 41.3 Å². The van der Waals surface area contributed by atoms with E-state index < -0.39 is 0 Å². The Balaban J connectivity index is 0.000000260. The second-order valence-corrected chi connectivity index (χ2v) is 12.3. The van der Waals surface area contributed by atoms with Crippen molar-refractivity contribution < 1.29 is 14.3 Å². The zero-order chi connectivity index (χ0) is 24.6. The van der Waals surface area contributed by atoms with Crippen LogP contribution in [0.5, 0.6) is 0 Å². The van der Waals surface area contributed by atoms with Gasteiger partial charge >= 0.3 is 5.97 Å². The Labute approximate surface area is 205 Å². The van der Waals surface area contributed by atoms with Gasteiger partial charge in [0.2, 0.25) is 0 Å². The van der Waals surface area contributed by atoms with Crippen molar-refractivity contribution in [1.82, 2.24) is 0 Å². The zero-order valence-corrected chi connectivity index (χ0v) is 23.0. The third-order valence-electron chi connectivity index (χ3n) is 10.2. The molecule has 192 valence electrons. The normalized spacial score (nSPS) is 36.1. The first kappa shape index (κ1) is 28.4. The van der Waals surface area contributed by atoms with Crippen LogP contribution in [0.15, 0.2) is 0 Å². The quantitative estimate of drug-likeness (QED) is 0.373. The lowest BCUT2D eigenvalue weighted by atomic mass is 9.50. The summed E-state index contributed by atoms with van der Waals surface area (Å²) in [6.07, 6.45) is 15.6. The number of rotatable bonds is 6. The molecule has 6 unspecified atom stereocenters. The summed E-state index contributed by atoms with van der Waals surface area (Å²) >= 11 is 0. The minimum Gasteiger partial charge on any atom is -0.469 e. The number of fused-ring (bicyclic) bond motifs is 3. The van der Waals surface area contributed by atoms with Gasteiger partial charge in [-0.1, -0.05) is 80.1 Å². The molecule has 0 aromatic rings. The molecule has 0 aliphatic heterocycles. The summed E-state index contributed by atoms with van der Waals surface area (Å²) in [7, 11) is 1.45. The number of ketones is 1. The summed E-state index contributed by atoms with van der Waals surface area (Å²) in [5.74, 6) is 5.22. The number of ether oxygens (including phenoxy) is 1. The maximum atomic E-state index is 12.7. The maximum Gasteiger partial charge on any atom is 0.305 e. The minimum absolute atomic E-state index is 0.0875. The first-order valence-corrected chi connectivity index (χ1v) is 14.2. The van der Waals surface area contributed by atoms with Crippen molar-refractivity contribution in [2.24, 2.45) is 46.8 Å². The van der Waals surface area contributed by atoms with Gasteiger partial charge in [-0.3, -0.25) is 9.59 Å². The monoisotopic (exact) mass is 462 g/mol. The summed E-state index contributed by atoms with van der Waals surface area (Å²) in [4.78, 5) is 23.6. The molecular weight excluding hydrogens is 408 g/mol. The molecule has 0 saturated heterocycles. The van der Waals surface area contributed by atoms with E-state index in [0.717, 1.165) is 30.6 Å². The number of methoxy groups -OCH3 is 1. The molecule has 3 aliphatic rings. The molecular formula is C30H54O3. The molecule has 0 N–H and O–H groups in total. The van der Waals surface area contributed by atoms with E-state index in [-0.39, 0.29) is 5.97 Å². The highest BCUT2D eigenvalue weighted by atomic mass is 16.5. The molecule has 0 heterocycles. The van der Waals surface area contributed by atoms with Gasteiger partial charge in [-0.2, -0.15) is 0 Å². The summed E-state index contributed by atoms with van der Waals surface area (Å²) in [5, 5.41) is 0. The van der Waals surface area contributed by atoms with Crippen molar-refractivity contribution in [2.45, 2.75) is 125 Å². The standard InChI is InChI=1S/C19H32O.C11H22O2/c1-13-7-6-9-17-16(11-14(13)2)18(20)12-15-8-4-5-10-19(15,17)3;1-5-6-9(2)10(3)7-8-11(12)13-4/h13-17H,4-12H2,1-3H3;9-10H,5-8H2,1-4H3/t13-,14?,15?,16?,17?,19+;/m1./s1. The molecule has 3 saturated carbocycles. The van der Waals surface area contributed by atoms with Gasteiger partial charge in [-0.05, 0) is 73.0 Å². The molecule has 3 aliphatic carbocycles. The van der Waals surface area contributed by atoms with Crippen molar-refractivity contribution in [3.05, 3.63) is 0 Å². The van der Waals surface area contributed by atoms with Crippen LogP contribution in [0.25, 0.3) is 0 Å². The summed E-state index contributed by atoms with van der Waals surface area (Å²) in [6.45, 7) is 14.0. The van der Waals surface area contributed by atoms with Gasteiger partial charge < -0.3 is 4.74 Å². The van der Waals surface area contributed by atoms with Crippen LogP contribution in [0, 0.1) is 46.8 Å². The van der Waals surface area contributed by atoms with E-state index in [4.69, 9.17) is 0 Å². The topological polar surface area (TPSA) is 43.4 Å². The molecule has 3 rings (SSSR count). The van der Waals surface area contributed by atoms with E-state index in [9.17, 15) is 9.59 Å². The predicted molar refractivity (Wildman–Crippen MR) is 138 cm³/mol. The van der Waals surface area contributed by atoms with Crippen LogP contribution in [-0.2, 0) is 14.3 Å². The highest BCUT2D eigenvalue weighted by molar-refractivity contribution is 5.82. The summed E-state index contributed by atoms with van der Waals surface area (Å²) in [6, 6.07) is 0. The number of Topliss-reactive ketones (excluding diaryl/α,β-unsaturated/α-hetero) is 1. The SMILES string of the molecule is CC1CC2C(=O)CC3CCCC[C@]3(C)C2CCC[C@H]1C.CCCC(C)C(C)CCC(=O)OC. The van der Waals surface area contributed by atoms with Crippen LogP contribution >= 0.6 is 0 Å². The Hall–Kier alpha value is -0.860.